The van der Waals surface area contributed by atoms with Gasteiger partial charge in [0.15, 0.2) is 5.82 Å². The average Bonchev–Trinajstić information content (AvgIpc) is 2.71. The van der Waals surface area contributed by atoms with Crippen molar-refractivity contribution in [3.05, 3.63) is 35.6 Å². The van der Waals surface area contributed by atoms with Crippen LogP contribution in [0.15, 0.2) is 28.8 Å². The molecule has 0 spiro atoms. The molecule has 0 aliphatic rings. The lowest BCUT2D eigenvalue weighted by molar-refractivity contribution is 0.145. The SMILES string of the molecule is CCOCCc1onc(N)c1-c1cccc(C)c1. The minimum absolute atomic E-state index is 0.437. The summed E-state index contributed by atoms with van der Waals surface area (Å²) in [4.78, 5) is 0. The fourth-order valence-electron chi connectivity index (χ4n) is 1.93. The molecule has 1 aromatic carbocycles. The normalized spacial score (nSPS) is 10.8. The molecular weight excluding hydrogens is 228 g/mol. The zero-order chi connectivity index (χ0) is 13.0. The van der Waals surface area contributed by atoms with Crippen molar-refractivity contribution in [2.45, 2.75) is 20.3 Å². The van der Waals surface area contributed by atoms with E-state index in [1.165, 1.54) is 5.56 Å². The van der Waals surface area contributed by atoms with Crippen molar-refractivity contribution in [3.63, 3.8) is 0 Å². The van der Waals surface area contributed by atoms with Gasteiger partial charge in [-0.25, -0.2) is 0 Å². The number of nitrogens with zero attached hydrogens (tertiary/aromatic N) is 1. The fourth-order valence-corrected chi connectivity index (χ4v) is 1.93. The second kappa shape index (κ2) is 5.69. The van der Waals surface area contributed by atoms with Crippen LogP contribution in [0, 0.1) is 6.92 Å². The first-order valence-corrected chi connectivity index (χ1v) is 6.11. The second-order valence-corrected chi connectivity index (χ2v) is 4.18. The summed E-state index contributed by atoms with van der Waals surface area (Å²) in [5, 5.41) is 3.85. The van der Waals surface area contributed by atoms with Gasteiger partial charge in [-0.05, 0) is 19.4 Å². The van der Waals surface area contributed by atoms with Crippen LogP contribution in [0.5, 0.6) is 0 Å². The monoisotopic (exact) mass is 246 g/mol. The Balaban J connectivity index is 2.29. The molecule has 0 aliphatic carbocycles. The van der Waals surface area contributed by atoms with Crippen LogP contribution in [-0.4, -0.2) is 18.4 Å². The zero-order valence-corrected chi connectivity index (χ0v) is 10.8. The Hall–Kier alpha value is -1.81. The highest BCUT2D eigenvalue weighted by Crippen LogP contribution is 2.30. The van der Waals surface area contributed by atoms with Gasteiger partial charge in [-0.2, -0.15) is 0 Å². The van der Waals surface area contributed by atoms with Crippen molar-refractivity contribution in [2.24, 2.45) is 0 Å². The molecule has 0 amide bonds. The van der Waals surface area contributed by atoms with E-state index in [1.807, 2.05) is 32.0 Å². The topological polar surface area (TPSA) is 61.3 Å². The fraction of sp³-hybridized carbons (Fsp3) is 0.357. The van der Waals surface area contributed by atoms with Crippen molar-refractivity contribution in [1.82, 2.24) is 5.16 Å². The van der Waals surface area contributed by atoms with E-state index in [2.05, 4.69) is 11.2 Å². The first-order chi connectivity index (χ1) is 8.72. The Morgan fingerprint density at radius 2 is 2.22 bits per heavy atom. The van der Waals surface area contributed by atoms with Gasteiger partial charge in [0, 0.05) is 13.0 Å². The van der Waals surface area contributed by atoms with Crippen molar-refractivity contribution >= 4 is 5.82 Å². The maximum atomic E-state index is 5.88. The molecule has 2 rings (SSSR count). The van der Waals surface area contributed by atoms with Crippen molar-refractivity contribution in [3.8, 4) is 11.1 Å². The molecule has 0 bridgehead atoms. The van der Waals surface area contributed by atoms with E-state index in [-0.39, 0.29) is 0 Å². The van der Waals surface area contributed by atoms with E-state index in [1.54, 1.807) is 0 Å². The Bertz CT molecular complexity index is 520. The number of benzene rings is 1. The molecule has 2 N–H and O–H groups in total. The van der Waals surface area contributed by atoms with Crippen molar-refractivity contribution in [2.75, 3.05) is 18.9 Å². The molecule has 4 heteroatoms. The van der Waals surface area contributed by atoms with Gasteiger partial charge in [-0.1, -0.05) is 35.0 Å². The highest BCUT2D eigenvalue weighted by Gasteiger charge is 2.15. The third kappa shape index (κ3) is 2.71. The Morgan fingerprint density at radius 1 is 1.39 bits per heavy atom. The molecule has 0 fully saturated rings. The molecule has 18 heavy (non-hydrogen) atoms. The molecule has 0 atom stereocenters. The first-order valence-electron chi connectivity index (χ1n) is 6.11. The first kappa shape index (κ1) is 12.6. The number of hydrogen-bond acceptors (Lipinski definition) is 4. The van der Waals surface area contributed by atoms with Gasteiger partial charge in [-0.15, -0.1) is 0 Å². The van der Waals surface area contributed by atoms with Crippen LogP contribution in [-0.2, 0) is 11.2 Å². The molecule has 4 nitrogen and oxygen atoms in total. The summed E-state index contributed by atoms with van der Waals surface area (Å²) in [6.45, 7) is 5.33. The van der Waals surface area contributed by atoms with Gasteiger partial charge in [-0.3, -0.25) is 0 Å². The highest BCUT2D eigenvalue weighted by molar-refractivity contribution is 5.75. The van der Waals surface area contributed by atoms with Crippen molar-refractivity contribution < 1.29 is 9.26 Å². The quantitative estimate of drug-likeness (QED) is 0.824. The summed E-state index contributed by atoms with van der Waals surface area (Å²) in [6, 6.07) is 8.14. The van der Waals surface area contributed by atoms with Crippen LogP contribution in [0.25, 0.3) is 11.1 Å². The number of nitrogens with two attached hydrogens (primary N) is 1. The summed E-state index contributed by atoms with van der Waals surface area (Å²) in [5.41, 5.74) is 9.00. The maximum Gasteiger partial charge on any atom is 0.175 e. The molecule has 0 saturated carbocycles. The maximum absolute atomic E-state index is 5.88. The molecule has 0 saturated heterocycles. The van der Waals surface area contributed by atoms with Gasteiger partial charge in [0.1, 0.15) is 5.76 Å². The zero-order valence-electron chi connectivity index (χ0n) is 10.8. The van der Waals surface area contributed by atoms with E-state index in [4.69, 9.17) is 15.0 Å². The highest BCUT2D eigenvalue weighted by atomic mass is 16.5. The predicted molar refractivity (Wildman–Crippen MR) is 71.3 cm³/mol. The molecule has 1 aromatic heterocycles. The van der Waals surface area contributed by atoms with Gasteiger partial charge >= 0.3 is 0 Å². The number of rotatable bonds is 5. The third-order valence-electron chi connectivity index (χ3n) is 2.77. The summed E-state index contributed by atoms with van der Waals surface area (Å²) < 4.78 is 10.6. The largest absolute Gasteiger partial charge is 0.381 e. The summed E-state index contributed by atoms with van der Waals surface area (Å²) in [7, 11) is 0. The molecule has 96 valence electrons. The number of aromatic nitrogens is 1. The van der Waals surface area contributed by atoms with E-state index in [9.17, 15) is 0 Å². The molecule has 2 aromatic rings. The lowest BCUT2D eigenvalue weighted by Crippen LogP contribution is -1.98. The van der Waals surface area contributed by atoms with E-state index < -0.39 is 0 Å². The number of anilines is 1. The van der Waals surface area contributed by atoms with Crippen LogP contribution in [0.2, 0.25) is 0 Å². The number of ether oxygens (including phenoxy) is 1. The molecule has 0 aliphatic heterocycles. The van der Waals surface area contributed by atoms with Crippen LogP contribution in [0.1, 0.15) is 18.2 Å². The Kier molecular flexibility index (Phi) is 3.99. The summed E-state index contributed by atoms with van der Waals surface area (Å²) in [5.74, 6) is 1.22. The average molecular weight is 246 g/mol. The van der Waals surface area contributed by atoms with Crippen LogP contribution in [0.3, 0.4) is 0 Å². The van der Waals surface area contributed by atoms with Gasteiger partial charge < -0.3 is 15.0 Å². The smallest absolute Gasteiger partial charge is 0.175 e. The molecule has 0 radical (unpaired) electrons. The summed E-state index contributed by atoms with van der Waals surface area (Å²) in [6.07, 6.45) is 0.682. The number of aryl methyl sites for hydroxylation is 1. The minimum Gasteiger partial charge on any atom is -0.381 e. The molecular formula is C14H18N2O2. The number of hydrogen-bond donors (Lipinski definition) is 1. The Morgan fingerprint density at radius 3 is 2.94 bits per heavy atom. The molecule has 0 unspecified atom stereocenters. The van der Waals surface area contributed by atoms with Crippen LogP contribution >= 0.6 is 0 Å². The Labute approximate surface area is 107 Å². The van der Waals surface area contributed by atoms with E-state index >= 15 is 0 Å². The van der Waals surface area contributed by atoms with Gasteiger partial charge in [0.2, 0.25) is 0 Å². The lowest BCUT2D eigenvalue weighted by Gasteiger charge is -2.04. The van der Waals surface area contributed by atoms with E-state index in [0.717, 1.165) is 16.9 Å². The number of nitrogen functional groups attached to an aromatic ring is 1. The summed E-state index contributed by atoms with van der Waals surface area (Å²) >= 11 is 0. The van der Waals surface area contributed by atoms with Gasteiger partial charge in [0.25, 0.3) is 0 Å². The lowest BCUT2D eigenvalue weighted by atomic mass is 10.0. The van der Waals surface area contributed by atoms with Gasteiger partial charge in [0.05, 0.1) is 12.2 Å². The van der Waals surface area contributed by atoms with Crippen LogP contribution in [0.4, 0.5) is 5.82 Å². The molecule has 1 heterocycles. The second-order valence-electron chi connectivity index (χ2n) is 4.18. The van der Waals surface area contributed by atoms with Crippen LogP contribution < -0.4 is 5.73 Å². The third-order valence-corrected chi connectivity index (χ3v) is 2.77. The van der Waals surface area contributed by atoms with E-state index in [0.29, 0.717) is 25.5 Å². The van der Waals surface area contributed by atoms with Crippen molar-refractivity contribution in [1.29, 1.82) is 0 Å². The standard InChI is InChI=1S/C14H18N2O2/c1-3-17-8-7-12-13(14(15)16-18-12)11-6-4-5-10(2)9-11/h4-6,9H,3,7-8H2,1-2H3,(H2,15,16). The predicted octanol–water partition coefficient (Wildman–Crippen LogP) is 2.81. The minimum atomic E-state index is 0.437.